The lowest BCUT2D eigenvalue weighted by atomic mass is 10.2. The van der Waals surface area contributed by atoms with Crippen molar-refractivity contribution < 1.29 is 4.79 Å². The fourth-order valence-electron chi connectivity index (χ4n) is 1.85. The minimum Gasteiger partial charge on any atom is -0.289 e. The number of nitrogens with two attached hydrogens (primary N) is 1. The number of nitrogens with one attached hydrogen (secondary N) is 1. The first kappa shape index (κ1) is 14.2. The first-order valence-corrected chi connectivity index (χ1v) is 7.34. The van der Waals surface area contributed by atoms with Gasteiger partial charge < -0.3 is 0 Å². The van der Waals surface area contributed by atoms with Gasteiger partial charge in [0.05, 0.1) is 27.3 Å². The molecule has 0 saturated carbocycles. The van der Waals surface area contributed by atoms with E-state index in [-0.39, 0.29) is 5.91 Å². The predicted octanol–water partition coefficient (Wildman–Crippen LogP) is 2.28. The molecule has 0 bridgehead atoms. The molecule has 0 aromatic carbocycles. The van der Waals surface area contributed by atoms with Gasteiger partial charge in [-0.1, -0.05) is 0 Å². The molecule has 5 nitrogen and oxygen atoms in total. The van der Waals surface area contributed by atoms with E-state index in [1.54, 1.807) is 0 Å². The number of aryl methyl sites for hydroxylation is 2. The van der Waals surface area contributed by atoms with Crippen molar-refractivity contribution in [1.29, 1.82) is 0 Å². The van der Waals surface area contributed by atoms with E-state index in [0.717, 1.165) is 26.3 Å². The zero-order chi connectivity index (χ0) is 14.2. The second-order valence-electron chi connectivity index (χ2n) is 4.31. The molecule has 2 rings (SSSR count). The lowest BCUT2D eigenvalue weighted by Gasteiger charge is -2.03. The van der Waals surface area contributed by atoms with Gasteiger partial charge in [0.15, 0.2) is 0 Å². The Kier molecular flexibility index (Phi) is 4.07. The van der Waals surface area contributed by atoms with Crippen molar-refractivity contribution >= 4 is 33.2 Å². The molecule has 0 aliphatic heterocycles. The van der Waals surface area contributed by atoms with E-state index in [1.165, 1.54) is 11.3 Å². The summed E-state index contributed by atoms with van der Waals surface area (Å²) in [6, 6.07) is 1.87. The molecule has 0 spiro atoms. The number of hydrazine groups is 1. The highest BCUT2D eigenvalue weighted by atomic mass is 79.9. The smallest absolute Gasteiger partial charge is 0.275 e. The van der Waals surface area contributed by atoms with Gasteiger partial charge in [-0.3, -0.25) is 14.9 Å². The molecule has 3 N–H and O–H groups in total. The molecule has 0 saturated heterocycles. The Morgan fingerprint density at radius 2 is 2.21 bits per heavy atom. The second-order valence-corrected chi connectivity index (χ2v) is 6.36. The SMILES string of the molecule is Cc1nn(Cc2cc(C(=O)NN)sc2C)c(C)c1Br. The van der Waals surface area contributed by atoms with E-state index >= 15 is 0 Å². The topological polar surface area (TPSA) is 72.9 Å². The Morgan fingerprint density at radius 1 is 1.53 bits per heavy atom. The highest BCUT2D eigenvalue weighted by Gasteiger charge is 2.14. The molecule has 7 heteroatoms. The molecule has 0 unspecified atom stereocenters. The minimum absolute atomic E-state index is 0.256. The van der Waals surface area contributed by atoms with Gasteiger partial charge in [-0.15, -0.1) is 11.3 Å². The Bertz CT molecular complexity index is 632. The molecular formula is C12H15BrN4OS. The number of hydrogen-bond acceptors (Lipinski definition) is 4. The molecule has 0 fully saturated rings. The van der Waals surface area contributed by atoms with E-state index in [9.17, 15) is 4.79 Å². The number of halogens is 1. The summed E-state index contributed by atoms with van der Waals surface area (Å²) in [5.74, 6) is 4.89. The first-order chi connectivity index (χ1) is 8.93. The van der Waals surface area contributed by atoms with Crippen molar-refractivity contribution in [2.24, 2.45) is 5.84 Å². The molecule has 102 valence electrons. The van der Waals surface area contributed by atoms with Crippen molar-refractivity contribution in [3.63, 3.8) is 0 Å². The van der Waals surface area contributed by atoms with Crippen LogP contribution in [0.2, 0.25) is 0 Å². The summed E-state index contributed by atoms with van der Waals surface area (Å²) in [5.41, 5.74) is 5.28. The average Bonchev–Trinajstić information content (AvgIpc) is 2.86. The van der Waals surface area contributed by atoms with E-state index < -0.39 is 0 Å². The van der Waals surface area contributed by atoms with Crippen LogP contribution in [0.4, 0.5) is 0 Å². The van der Waals surface area contributed by atoms with Crippen LogP contribution < -0.4 is 11.3 Å². The summed E-state index contributed by atoms with van der Waals surface area (Å²) in [4.78, 5) is 13.2. The summed E-state index contributed by atoms with van der Waals surface area (Å²) in [7, 11) is 0. The third-order valence-corrected chi connectivity index (χ3v) is 5.23. The summed E-state index contributed by atoms with van der Waals surface area (Å²) in [6.07, 6.45) is 0. The quantitative estimate of drug-likeness (QED) is 0.510. The summed E-state index contributed by atoms with van der Waals surface area (Å²) in [5, 5.41) is 4.47. The fraction of sp³-hybridized carbons (Fsp3) is 0.333. The third kappa shape index (κ3) is 2.72. The maximum Gasteiger partial charge on any atom is 0.275 e. The summed E-state index contributed by atoms with van der Waals surface area (Å²) >= 11 is 4.95. The monoisotopic (exact) mass is 342 g/mol. The highest BCUT2D eigenvalue weighted by Crippen LogP contribution is 2.25. The third-order valence-electron chi connectivity index (χ3n) is 2.99. The van der Waals surface area contributed by atoms with Gasteiger partial charge in [0.1, 0.15) is 0 Å². The van der Waals surface area contributed by atoms with Gasteiger partial charge in [0, 0.05) is 4.88 Å². The number of hydrogen-bond donors (Lipinski definition) is 2. The predicted molar refractivity (Wildman–Crippen MR) is 79.2 cm³/mol. The molecule has 2 aromatic rings. The number of nitrogen functional groups attached to an aromatic ring is 1. The molecule has 0 aliphatic carbocycles. The van der Waals surface area contributed by atoms with Crippen molar-refractivity contribution in [3.8, 4) is 0 Å². The normalized spacial score (nSPS) is 10.8. The lowest BCUT2D eigenvalue weighted by Crippen LogP contribution is -2.29. The molecule has 0 radical (unpaired) electrons. The van der Waals surface area contributed by atoms with Gasteiger partial charge >= 0.3 is 0 Å². The summed E-state index contributed by atoms with van der Waals surface area (Å²) < 4.78 is 2.96. The molecule has 0 aliphatic rings. The zero-order valence-corrected chi connectivity index (χ0v) is 13.4. The van der Waals surface area contributed by atoms with Crippen molar-refractivity contribution in [2.75, 3.05) is 0 Å². The largest absolute Gasteiger partial charge is 0.289 e. The van der Waals surface area contributed by atoms with Crippen LogP contribution in [0.25, 0.3) is 0 Å². The lowest BCUT2D eigenvalue weighted by molar-refractivity contribution is 0.0957. The van der Waals surface area contributed by atoms with Gasteiger partial charge in [0.2, 0.25) is 0 Å². The van der Waals surface area contributed by atoms with Gasteiger partial charge in [0.25, 0.3) is 5.91 Å². The van der Waals surface area contributed by atoms with Crippen molar-refractivity contribution in [2.45, 2.75) is 27.3 Å². The zero-order valence-electron chi connectivity index (χ0n) is 11.0. The van der Waals surface area contributed by atoms with Crippen LogP contribution in [-0.2, 0) is 6.54 Å². The molecule has 2 heterocycles. The Hall–Kier alpha value is -1.18. The Balaban J connectivity index is 2.31. The number of carbonyl (C=O) groups excluding carboxylic acids is 1. The molecular weight excluding hydrogens is 328 g/mol. The van der Waals surface area contributed by atoms with Crippen molar-refractivity contribution in [1.82, 2.24) is 15.2 Å². The molecule has 19 heavy (non-hydrogen) atoms. The summed E-state index contributed by atoms with van der Waals surface area (Å²) in [6.45, 7) is 6.62. The van der Waals surface area contributed by atoms with E-state index in [1.807, 2.05) is 31.5 Å². The van der Waals surface area contributed by atoms with Gasteiger partial charge in [-0.2, -0.15) is 5.10 Å². The number of aromatic nitrogens is 2. The van der Waals surface area contributed by atoms with Gasteiger partial charge in [-0.05, 0) is 48.3 Å². The van der Waals surface area contributed by atoms with Crippen LogP contribution in [0.5, 0.6) is 0 Å². The number of thiophene rings is 1. The number of rotatable bonds is 3. The van der Waals surface area contributed by atoms with E-state index in [0.29, 0.717) is 11.4 Å². The maximum atomic E-state index is 11.5. The average molecular weight is 343 g/mol. The van der Waals surface area contributed by atoms with Crippen LogP contribution in [0, 0.1) is 20.8 Å². The van der Waals surface area contributed by atoms with Crippen LogP contribution in [-0.4, -0.2) is 15.7 Å². The molecule has 0 atom stereocenters. The van der Waals surface area contributed by atoms with Crippen LogP contribution in [0.15, 0.2) is 10.5 Å². The first-order valence-electron chi connectivity index (χ1n) is 5.73. The second kappa shape index (κ2) is 5.44. The number of nitrogens with zero attached hydrogens (tertiary/aromatic N) is 2. The van der Waals surface area contributed by atoms with Gasteiger partial charge in [-0.25, -0.2) is 5.84 Å². The Labute approximate surface area is 123 Å². The number of carbonyl (C=O) groups is 1. The van der Waals surface area contributed by atoms with Crippen molar-refractivity contribution in [3.05, 3.63) is 37.2 Å². The number of amides is 1. The van der Waals surface area contributed by atoms with Crippen LogP contribution >= 0.6 is 27.3 Å². The van der Waals surface area contributed by atoms with Crippen LogP contribution in [0.3, 0.4) is 0 Å². The highest BCUT2D eigenvalue weighted by molar-refractivity contribution is 9.10. The van der Waals surface area contributed by atoms with E-state index in [2.05, 4.69) is 26.5 Å². The molecule has 2 aromatic heterocycles. The Morgan fingerprint density at radius 3 is 2.74 bits per heavy atom. The van der Waals surface area contributed by atoms with E-state index in [4.69, 9.17) is 5.84 Å². The minimum atomic E-state index is -0.256. The fourth-order valence-corrected chi connectivity index (χ4v) is 3.07. The molecule has 1 amide bonds. The maximum absolute atomic E-state index is 11.5. The standard InChI is InChI=1S/C12H15BrN4OS/c1-6-11(13)7(2)17(16-6)5-9-4-10(12(18)15-14)19-8(9)3/h4H,5,14H2,1-3H3,(H,15,18). The van der Waals surface area contributed by atoms with Crippen LogP contribution in [0.1, 0.15) is 31.5 Å².